The number of nitrogens with one attached hydrogen (secondary N) is 2. The lowest BCUT2D eigenvalue weighted by Crippen LogP contribution is -2.26. The van der Waals surface area contributed by atoms with E-state index in [0.29, 0.717) is 18.7 Å². The van der Waals surface area contributed by atoms with Crippen LogP contribution in [-0.2, 0) is 23.2 Å². The Balaban J connectivity index is 1.95. The maximum absolute atomic E-state index is 12.2. The van der Waals surface area contributed by atoms with Crippen LogP contribution in [0.2, 0.25) is 0 Å². The minimum atomic E-state index is -3.66. The molecule has 0 amide bonds. The lowest BCUT2D eigenvalue weighted by Gasteiger charge is -2.07. The Morgan fingerprint density at radius 3 is 2.95 bits per heavy atom. The van der Waals surface area contributed by atoms with Crippen LogP contribution in [0.4, 0.5) is 0 Å². The van der Waals surface area contributed by atoms with E-state index in [1.165, 1.54) is 0 Å². The van der Waals surface area contributed by atoms with Gasteiger partial charge in [-0.3, -0.25) is 9.78 Å². The van der Waals surface area contributed by atoms with Gasteiger partial charge in [0.25, 0.3) is 0 Å². The molecule has 0 fully saturated rings. The Morgan fingerprint density at radius 2 is 2.30 bits per heavy atom. The Kier molecular flexibility index (Phi) is 4.53. The van der Waals surface area contributed by atoms with Gasteiger partial charge in [-0.05, 0) is 19.4 Å². The van der Waals surface area contributed by atoms with Crippen LogP contribution in [0.5, 0.6) is 0 Å². The van der Waals surface area contributed by atoms with E-state index in [1.54, 1.807) is 17.8 Å². The van der Waals surface area contributed by atoms with E-state index in [2.05, 4.69) is 20.0 Å². The summed E-state index contributed by atoms with van der Waals surface area (Å²) in [6.07, 6.45) is 4.11. The van der Waals surface area contributed by atoms with Crippen LogP contribution in [0.25, 0.3) is 0 Å². The summed E-state index contributed by atoms with van der Waals surface area (Å²) >= 11 is 0. The van der Waals surface area contributed by atoms with Crippen LogP contribution in [-0.4, -0.2) is 40.0 Å². The van der Waals surface area contributed by atoms with Crippen molar-refractivity contribution in [2.45, 2.75) is 31.4 Å². The smallest absolute Gasteiger partial charge is 0.244 e. The van der Waals surface area contributed by atoms with Crippen LogP contribution in [0.1, 0.15) is 17.8 Å². The van der Waals surface area contributed by atoms with Crippen molar-refractivity contribution in [3.8, 4) is 0 Å². The number of sulfonamides is 1. The second-order valence-electron chi connectivity index (χ2n) is 4.30. The third-order valence-electron chi connectivity index (χ3n) is 2.80. The summed E-state index contributed by atoms with van der Waals surface area (Å²) < 4.78 is 28.5. The molecule has 0 atom stereocenters. The molecule has 9 heteroatoms. The molecule has 0 saturated carbocycles. The van der Waals surface area contributed by atoms with Gasteiger partial charge < -0.3 is 5.11 Å². The van der Waals surface area contributed by atoms with Gasteiger partial charge in [-0.2, -0.15) is 10.2 Å². The number of aliphatic hydroxyl groups is 1. The maximum atomic E-state index is 12.2. The normalized spacial score (nSPS) is 11.9. The van der Waals surface area contributed by atoms with Gasteiger partial charge in [0.2, 0.25) is 10.0 Å². The van der Waals surface area contributed by atoms with Gasteiger partial charge in [-0.15, -0.1) is 0 Å². The molecule has 0 aliphatic carbocycles. The summed E-state index contributed by atoms with van der Waals surface area (Å²) in [6.45, 7) is 2.10. The molecule has 110 valence electrons. The molecule has 20 heavy (non-hydrogen) atoms. The minimum absolute atomic E-state index is 0.0269. The molecule has 2 heterocycles. The van der Waals surface area contributed by atoms with Gasteiger partial charge in [-0.1, -0.05) is 0 Å². The number of aryl methyl sites for hydroxylation is 2. The fraction of sp³-hybridized carbons (Fsp3) is 0.455. The van der Waals surface area contributed by atoms with Gasteiger partial charge in [-0.25, -0.2) is 13.1 Å². The number of rotatable bonds is 7. The predicted molar refractivity (Wildman–Crippen MR) is 71.3 cm³/mol. The first-order valence-electron chi connectivity index (χ1n) is 6.16. The van der Waals surface area contributed by atoms with E-state index >= 15 is 0 Å². The number of aromatic amines is 1. The average Bonchev–Trinajstić information content (AvgIpc) is 3.03. The summed E-state index contributed by atoms with van der Waals surface area (Å²) in [5.74, 6) is 0. The van der Waals surface area contributed by atoms with E-state index < -0.39 is 16.6 Å². The van der Waals surface area contributed by atoms with Crippen LogP contribution < -0.4 is 4.72 Å². The predicted octanol–water partition coefficient (Wildman–Crippen LogP) is -0.224. The lowest BCUT2D eigenvalue weighted by molar-refractivity contribution is 0.273. The molecule has 2 aromatic heterocycles. The van der Waals surface area contributed by atoms with Crippen LogP contribution in [0.3, 0.4) is 0 Å². The highest BCUT2D eigenvalue weighted by atomic mass is 32.2. The quantitative estimate of drug-likeness (QED) is 0.612. The molecule has 0 unspecified atom stereocenters. The van der Waals surface area contributed by atoms with Crippen molar-refractivity contribution in [1.29, 1.82) is 0 Å². The van der Waals surface area contributed by atoms with Crippen molar-refractivity contribution in [1.82, 2.24) is 24.7 Å². The second-order valence-corrected chi connectivity index (χ2v) is 6.01. The van der Waals surface area contributed by atoms with Crippen LogP contribution in [0, 0.1) is 6.92 Å². The molecule has 3 N–H and O–H groups in total. The van der Waals surface area contributed by atoms with Crippen molar-refractivity contribution in [2.75, 3.05) is 6.54 Å². The Morgan fingerprint density at radius 1 is 1.50 bits per heavy atom. The van der Waals surface area contributed by atoms with Crippen LogP contribution in [0.15, 0.2) is 23.4 Å². The van der Waals surface area contributed by atoms with E-state index in [1.807, 2.05) is 12.3 Å². The molecule has 0 spiro atoms. The Hall–Kier alpha value is -1.71. The van der Waals surface area contributed by atoms with Gasteiger partial charge in [0.1, 0.15) is 10.6 Å². The molecule has 0 aliphatic rings. The zero-order chi connectivity index (χ0) is 14.6. The average molecular weight is 299 g/mol. The third-order valence-corrected chi connectivity index (χ3v) is 4.46. The van der Waals surface area contributed by atoms with Crippen molar-refractivity contribution in [2.24, 2.45) is 0 Å². The molecule has 0 radical (unpaired) electrons. The van der Waals surface area contributed by atoms with E-state index in [9.17, 15) is 8.42 Å². The zero-order valence-electron chi connectivity index (χ0n) is 11.1. The molecule has 2 rings (SSSR count). The van der Waals surface area contributed by atoms with E-state index in [4.69, 9.17) is 5.11 Å². The SMILES string of the molecule is Cc1[nH]nc(CO)c1S(=O)(=O)NCCCn1cccn1. The Labute approximate surface area is 116 Å². The first-order valence-corrected chi connectivity index (χ1v) is 7.64. The summed E-state index contributed by atoms with van der Waals surface area (Å²) in [4.78, 5) is 0.0269. The summed E-state index contributed by atoms with van der Waals surface area (Å²) in [5.41, 5.74) is 0.538. The molecule has 0 aliphatic heterocycles. The highest BCUT2D eigenvalue weighted by Gasteiger charge is 2.23. The number of H-pyrrole nitrogens is 1. The lowest BCUT2D eigenvalue weighted by atomic mass is 10.4. The number of hydrogen-bond donors (Lipinski definition) is 3. The number of aliphatic hydroxyl groups excluding tert-OH is 1. The zero-order valence-corrected chi connectivity index (χ0v) is 11.9. The highest BCUT2D eigenvalue weighted by molar-refractivity contribution is 7.89. The molecule has 0 saturated heterocycles. The van der Waals surface area contributed by atoms with Gasteiger partial charge in [0, 0.05) is 25.5 Å². The van der Waals surface area contributed by atoms with Crippen molar-refractivity contribution in [3.05, 3.63) is 29.8 Å². The molecule has 8 nitrogen and oxygen atoms in total. The monoisotopic (exact) mass is 299 g/mol. The van der Waals surface area contributed by atoms with Gasteiger partial charge in [0.15, 0.2) is 0 Å². The second kappa shape index (κ2) is 6.16. The third kappa shape index (κ3) is 3.24. The first kappa shape index (κ1) is 14.7. The maximum Gasteiger partial charge on any atom is 0.244 e. The topological polar surface area (TPSA) is 113 Å². The largest absolute Gasteiger partial charge is 0.390 e. The van der Waals surface area contributed by atoms with E-state index in [0.717, 1.165) is 0 Å². The standard InChI is InChI=1S/C11H17N5O3S/c1-9-11(10(8-17)15-14-9)20(18,19)13-5-3-7-16-6-2-4-12-16/h2,4,6,13,17H,3,5,7-8H2,1H3,(H,14,15). The van der Waals surface area contributed by atoms with Gasteiger partial charge >= 0.3 is 0 Å². The fourth-order valence-electron chi connectivity index (χ4n) is 1.89. The van der Waals surface area contributed by atoms with Crippen molar-refractivity contribution in [3.63, 3.8) is 0 Å². The van der Waals surface area contributed by atoms with Crippen LogP contribution >= 0.6 is 0 Å². The summed E-state index contributed by atoms with van der Waals surface area (Å²) in [7, 11) is -3.66. The molecular formula is C11H17N5O3S. The van der Waals surface area contributed by atoms with E-state index in [-0.39, 0.29) is 17.1 Å². The first-order chi connectivity index (χ1) is 9.54. The van der Waals surface area contributed by atoms with Crippen molar-refractivity contribution >= 4 is 10.0 Å². The Bertz CT molecular complexity index is 648. The highest BCUT2D eigenvalue weighted by Crippen LogP contribution is 2.17. The number of hydrogen-bond acceptors (Lipinski definition) is 5. The summed E-state index contributed by atoms with van der Waals surface area (Å²) in [5, 5.41) is 19.5. The minimum Gasteiger partial charge on any atom is -0.390 e. The molecule has 2 aromatic rings. The number of aromatic nitrogens is 4. The number of nitrogens with zero attached hydrogens (tertiary/aromatic N) is 3. The van der Waals surface area contributed by atoms with Gasteiger partial charge in [0.05, 0.1) is 12.3 Å². The molecule has 0 aromatic carbocycles. The molecule has 0 bridgehead atoms. The fourth-order valence-corrected chi connectivity index (χ4v) is 3.31. The summed E-state index contributed by atoms with van der Waals surface area (Å²) in [6, 6.07) is 1.81. The molecular weight excluding hydrogens is 282 g/mol. The van der Waals surface area contributed by atoms with Crippen molar-refractivity contribution < 1.29 is 13.5 Å².